The molecule has 1 aliphatic rings. The summed E-state index contributed by atoms with van der Waals surface area (Å²) >= 11 is 0. The third-order valence-corrected chi connectivity index (χ3v) is 6.89. The number of hydrogen-bond acceptors (Lipinski definition) is 5. The molecule has 0 fully saturated rings. The van der Waals surface area contributed by atoms with Crippen molar-refractivity contribution in [1.82, 2.24) is 9.80 Å². The van der Waals surface area contributed by atoms with E-state index in [1.807, 2.05) is 62.9 Å². The maximum atomic E-state index is 13.9. The molecule has 0 saturated carbocycles. The first-order chi connectivity index (χ1) is 15.9. The van der Waals surface area contributed by atoms with Gasteiger partial charge in [-0.05, 0) is 72.6 Å². The van der Waals surface area contributed by atoms with Crippen LogP contribution in [0, 0.1) is 0 Å². The number of hydrogen-bond donors (Lipinski definition) is 0. The summed E-state index contributed by atoms with van der Waals surface area (Å²) in [6.07, 6.45) is 1.80. The van der Waals surface area contributed by atoms with Gasteiger partial charge in [-0.3, -0.25) is 14.5 Å². The number of benzene rings is 1. The fourth-order valence-corrected chi connectivity index (χ4v) is 5.98. The Hall–Kier alpha value is -2.02. The maximum absolute atomic E-state index is 13.9. The minimum absolute atomic E-state index is 0.0269. The first kappa shape index (κ1) is 28.2. The van der Waals surface area contributed by atoms with E-state index in [4.69, 9.17) is 9.47 Å². The van der Waals surface area contributed by atoms with Crippen molar-refractivity contribution in [3.05, 3.63) is 42.0 Å². The highest BCUT2D eigenvalue weighted by Crippen LogP contribution is 2.51. The van der Waals surface area contributed by atoms with Crippen molar-refractivity contribution in [1.29, 1.82) is 0 Å². The summed E-state index contributed by atoms with van der Waals surface area (Å²) in [6, 6.07) is 9.86. The topological polar surface area (TPSA) is 59.1 Å². The Kier molecular flexibility index (Phi) is 9.25. The standard InChI is InChI=1S/C28H44N2O4/c1-19(2)29(20(3)4)26(32)18-27(33-9)25(23-14-12-11-13-15-23)16-24(31)17-28(27,34-10)30(21(5)6)22(7)8/h11-16,19-22H,17-18H2,1-10H3. The van der Waals surface area contributed by atoms with E-state index in [-0.39, 0.29) is 48.7 Å². The lowest BCUT2D eigenvalue weighted by Crippen LogP contribution is -2.72. The molecule has 190 valence electrons. The third-order valence-electron chi connectivity index (χ3n) is 6.89. The van der Waals surface area contributed by atoms with Crippen LogP contribution in [0.25, 0.3) is 5.57 Å². The van der Waals surface area contributed by atoms with Crippen molar-refractivity contribution in [3.8, 4) is 0 Å². The summed E-state index contributed by atoms with van der Waals surface area (Å²) in [4.78, 5) is 31.3. The Balaban J connectivity index is 2.89. The molecule has 34 heavy (non-hydrogen) atoms. The van der Waals surface area contributed by atoms with Crippen LogP contribution in [-0.2, 0) is 19.1 Å². The maximum Gasteiger partial charge on any atom is 0.226 e. The van der Waals surface area contributed by atoms with Crippen LogP contribution in [0.1, 0.15) is 73.8 Å². The second kappa shape index (κ2) is 11.1. The zero-order valence-corrected chi connectivity index (χ0v) is 22.7. The molecule has 0 heterocycles. The van der Waals surface area contributed by atoms with Gasteiger partial charge >= 0.3 is 0 Å². The van der Waals surface area contributed by atoms with Crippen LogP contribution >= 0.6 is 0 Å². The average molecular weight is 473 g/mol. The number of carbonyl (C=O) groups excluding carboxylic acids is 2. The van der Waals surface area contributed by atoms with Gasteiger partial charge < -0.3 is 14.4 Å². The van der Waals surface area contributed by atoms with E-state index < -0.39 is 11.3 Å². The van der Waals surface area contributed by atoms with Gasteiger partial charge in [-0.25, -0.2) is 0 Å². The van der Waals surface area contributed by atoms with Gasteiger partial charge in [-0.2, -0.15) is 0 Å². The highest BCUT2D eigenvalue weighted by Gasteiger charge is 2.63. The minimum atomic E-state index is -1.20. The van der Waals surface area contributed by atoms with E-state index in [0.717, 1.165) is 5.56 Å². The lowest BCUT2D eigenvalue weighted by molar-refractivity contribution is -0.256. The van der Waals surface area contributed by atoms with Crippen molar-refractivity contribution in [3.63, 3.8) is 0 Å². The number of nitrogens with zero attached hydrogens (tertiary/aromatic N) is 2. The predicted molar refractivity (Wildman–Crippen MR) is 137 cm³/mol. The van der Waals surface area contributed by atoms with Crippen molar-refractivity contribution in [2.75, 3.05) is 14.2 Å². The molecule has 0 aliphatic heterocycles. The number of methoxy groups -OCH3 is 2. The molecule has 0 spiro atoms. The Labute approximate surface area is 206 Å². The van der Waals surface area contributed by atoms with Gasteiger partial charge in [0.15, 0.2) is 11.5 Å². The normalized spacial score (nSPS) is 23.4. The summed E-state index contributed by atoms with van der Waals surface area (Å²) in [5, 5.41) is 0. The molecular weight excluding hydrogens is 428 g/mol. The second-order valence-corrected chi connectivity index (χ2v) is 10.3. The molecule has 0 radical (unpaired) electrons. The molecule has 0 saturated heterocycles. The quantitative estimate of drug-likeness (QED) is 0.452. The Morgan fingerprint density at radius 3 is 1.82 bits per heavy atom. The van der Waals surface area contributed by atoms with Crippen LogP contribution in [0.2, 0.25) is 0 Å². The zero-order chi connectivity index (χ0) is 25.8. The number of allylic oxidation sites excluding steroid dienone is 1. The smallest absolute Gasteiger partial charge is 0.226 e. The van der Waals surface area contributed by atoms with Crippen molar-refractivity contribution >= 4 is 17.3 Å². The van der Waals surface area contributed by atoms with Crippen LogP contribution < -0.4 is 0 Å². The molecule has 1 amide bonds. The Morgan fingerprint density at radius 1 is 0.882 bits per heavy atom. The van der Waals surface area contributed by atoms with E-state index in [1.54, 1.807) is 20.3 Å². The van der Waals surface area contributed by atoms with E-state index in [2.05, 4.69) is 32.6 Å². The van der Waals surface area contributed by atoms with Gasteiger partial charge in [0.2, 0.25) is 5.91 Å². The highest BCUT2D eigenvalue weighted by atomic mass is 16.6. The molecule has 0 aromatic heterocycles. The number of carbonyl (C=O) groups is 2. The molecule has 6 nitrogen and oxygen atoms in total. The van der Waals surface area contributed by atoms with Crippen LogP contribution in [0.15, 0.2) is 36.4 Å². The molecule has 2 rings (SSSR count). The molecule has 0 N–H and O–H groups in total. The molecule has 1 aromatic rings. The van der Waals surface area contributed by atoms with Gasteiger partial charge in [0.1, 0.15) is 5.60 Å². The van der Waals surface area contributed by atoms with Crippen molar-refractivity contribution in [2.24, 2.45) is 0 Å². The average Bonchev–Trinajstić information content (AvgIpc) is 2.74. The summed E-state index contributed by atoms with van der Waals surface area (Å²) in [5.74, 6) is -0.0754. The van der Waals surface area contributed by atoms with E-state index in [1.165, 1.54) is 0 Å². The second-order valence-electron chi connectivity index (χ2n) is 10.3. The van der Waals surface area contributed by atoms with E-state index >= 15 is 0 Å². The van der Waals surface area contributed by atoms with E-state index in [9.17, 15) is 9.59 Å². The fourth-order valence-electron chi connectivity index (χ4n) is 5.98. The van der Waals surface area contributed by atoms with Crippen LogP contribution in [0.4, 0.5) is 0 Å². The first-order valence-corrected chi connectivity index (χ1v) is 12.4. The van der Waals surface area contributed by atoms with Crippen LogP contribution in [-0.4, -0.2) is 71.2 Å². The molecule has 1 aromatic carbocycles. The van der Waals surface area contributed by atoms with Crippen molar-refractivity contribution in [2.45, 2.75) is 104 Å². The molecule has 1 aliphatic carbocycles. The molecule has 6 heteroatoms. The molecule has 0 bridgehead atoms. The van der Waals surface area contributed by atoms with Crippen LogP contribution in [0.5, 0.6) is 0 Å². The van der Waals surface area contributed by atoms with Gasteiger partial charge in [0.05, 0.1) is 12.8 Å². The number of ether oxygens (including phenoxy) is 2. The Bertz CT molecular complexity index is 862. The number of rotatable bonds is 10. The van der Waals surface area contributed by atoms with Gasteiger partial charge in [0.25, 0.3) is 0 Å². The summed E-state index contributed by atoms with van der Waals surface area (Å²) in [6.45, 7) is 16.4. The van der Waals surface area contributed by atoms with Gasteiger partial charge in [-0.1, -0.05) is 30.3 Å². The molecule has 2 unspecified atom stereocenters. The fraction of sp³-hybridized carbons (Fsp3) is 0.643. The lowest BCUT2D eigenvalue weighted by Gasteiger charge is -2.58. The largest absolute Gasteiger partial charge is 0.368 e. The highest BCUT2D eigenvalue weighted by molar-refractivity contribution is 6.03. The van der Waals surface area contributed by atoms with E-state index in [0.29, 0.717) is 5.57 Å². The summed E-state index contributed by atoms with van der Waals surface area (Å²) < 4.78 is 12.8. The van der Waals surface area contributed by atoms with Crippen LogP contribution in [0.3, 0.4) is 0 Å². The summed E-state index contributed by atoms with van der Waals surface area (Å²) in [5.41, 5.74) is -0.846. The van der Waals surface area contributed by atoms with Gasteiger partial charge in [-0.15, -0.1) is 0 Å². The first-order valence-electron chi connectivity index (χ1n) is 12.4. The minimum Gasteiger partial charge on any atom is -0.368 e. The number of ketones is 1. The molecule has 2 atom stereocenters. The lowest BCUT2D eigenvalue weighted by atomic mass is 9.69. The third kappa shape index (κ3) is 5.00. The monoisotopic (exact) mass is 472 g/mol. The Morgan fingerprint density at radius 2 is 1.41 bits per heavy atom. The van der Waals surface area contributed by atoms with Gasteiger partial charge in [0, 0.05) is 38.4 Å². The molecular formula is C28H44N2O4. The number of amides is 1. The summed E-state index contributed by atoms with van der Waals surface area (Å²) in [7, 11) is 3.25. The zero-order valence-electron chi connectivity index (χ0n) is 22.7. The van der Waals surface area contributed by atoms with Crippen molar-refractivity contribution < 1.29 is 19.1 Å². The predicted octanol–water partition coefficient (Wildman–Crippen LogP) is 4.93. The SMILES string of the molecule is COC1(CC(=O)N(C(C)C)C(C)C)C(c2ccccc2)=CC(=O)CC1(OC)N(C(C)C)C(C)C.